The Kier molecular flexibility index (Phi) is 3.62. The number of carbonyl (C=O) groups excluding carboxylic acids is 2. The molecule has 0 bridgehead atoms. The van der Waals surface area contributed by atoms with E-state index in [9.17, 15) is 14.0 Å². The largest absolute Gasteiger partial charge is 0.352 e. The zero-order valence-corrected chi connectivity index (χ0v) is 12.3. The first-order valence-electron chi connectivity index (χ1n) is 5.89. The van der Waals surface area contributed by atoms with Crippen molar-refractivity contribution >= 4 is 27.7 Å². The number of benzene rings is 1. The van der Waals surface area contributed by atoms with Crippen LogP contribution in [-0.4, -0.2) is 35.3 Å². The molecular weight excluding hydrogens is 315 g/mol. The molecule has 1 saturated heterocycles. The van der Waals surface area contributed by atoms with Crippen LogP contribution in [0.15, 0.2) is 22.7 Å². The summed E-state index contributed by atoms with van der Waals surface area (Å²) in [5.74, 6) is -0.888. The van der Waals surface area contributed by atoms with E-state index in [4.69, 9.17) is 0 Å². The highest BCUT2D eigenvalue weighted by atomic mass is 79.9. The number of nitrogens with one attached hydrogen (secondary N) is 1. The van der Waals surface area contributed by atoms with Gasteiger partial charge in [0, 0.05) is 18.7 Å². The number of carbonyl (C=O) groups is 2. The second-order valence-electron chi connectivity index (χ2n) is 4.90. The molecule has 0 saturated carbocycles. The van der Waals surface area contributed by atoms with Crippen LogP contribution in [0.3, 0.4) is 0 Å². The molecule has 2 amide bonds. The predicted molar refractivity (Wildman–Crippen MR) is 72.2 cm³/mol. The molecule has 1 aliphatic heterocycles. The third-order valence-electron chi connectivity index (χ3n) is 3.26. The summed E-state index contributed by atoms with van der Waals surface area (Å²) in [7, 11) is 0. The van der Waals surface area contributed by atoms with Gasteiger partial charge in [0.2, 0.25) is 5.91 Å². The Morgan fingerprint density at radius 3 is 2.79 bits per heavy atom. The topological polar surface area (TPSA) is 49.4 Å². The molecule has 1 aromatic rings. The van der Waals surface area contributed by atoms with Crippen LogP contribution >= 0.6 is 15.9 Å². The third-order valence-corrected chi connectivity index (χ3v) is 3.87. The number of nitrogens with zero attached hydrogens (tertiary/aromatic N) is 1. The molecule has 1 heterocycles. The molecule has 0 unspecified atom stereocenters. The third kappa shape index (κ3) is 2.49. The van der Waals surface area contributed by atoms with Gasteiger partial charge in [-0.25, -0.2) is 4.39 Å². The number of rotatable bonds is 1. The SMILES string of the molecule is CC1(C)C(=O)NCCN1C(=O)c1ccc(F)c(Br)c1. The van der Waals surface area contributed by atoms with Gasteiger partial charge in [-0.3, -0.25) is 9.59 Å². The molecule has 0 aromatic heterocycles. The molecule has 1 fully saturated rings. The van der Waals surface area contributed by atoms with Crippen molar-refractivity contribution in [3.05, 3.63) is 34.1 Å². The Morgan fingerprint density at radius 1 is 1.47 bits per heavy atom. The monoisotopic (exact) mass is 328 g/mol. The first-order valence-corrected chi connectivity index (χ1v) is 6.68. The van der Waals surface area contributed by atoms with E-state index in [2.05, 4.69) is 21.2 Å². The van der Waals surface area contributed by atoms with Crippen molar-refractivity contribution in [1.82, 2.24) is 10.2 Å². The van der Waals surface area contributed by atoms with Gasteiger partial charge in [0.05, 0.1) is 4.47 Å². The van der Waals surface area contributed by atoms with Crippen molar-refractivity contribution in [2.45, 2.75) is 19.4 Å². The quantitative estimate of drug-likeness (QED) is 0.856. The Labute approximate surface area is 119 Å². The second-order valence-corrected chi connectivity index (χ2v) is 5.75. The Hall–Kier alpha value is -1.43. The Bertz CT molecular complexity index is 545. The van der Waals surface area contributed by atoms with E-state index in [-0.39, 0.29) is 16.3 Å². The molecule has 102 valence electrons. The fraction of sp³-hybridized carbons (Fsp3) is 0.385. The van der Waals surface area contributed by atoms with E-state index in [1.54, 1.807) is 13.8 Å². The first-order chi connectivity index (χ1) is 8.84. The molecule has 4 nitrogen and oxygen atoms in total. The zero-order chi connectivity index (χ0) is 14.2. The van der Waals surface area contributed by atoms with Gasteiger partial charge in [0.15, 0.2) is 0 Å². The molecule has 19 heavy (non-hydrogen) atoms. The number of hydrogen-bond donors (Lipinski definition) is 1. The zero-order valence-electron chi connectivity index (χ0n) is 10.7. The van der Waals surface area contributed by atoms with Gasteiger partial charge in [0.1, 0.15) is 11.4 Å². The highest BCUT2D eigenvalue weighted by Crippen LogP contribution is 2.23. The van der Waals surface area contributed by atoms with Crippen molar-refractivity contribution in [2.24, 2.45) is 0 Å². The molecule has 0 spiro atoms. The van der Waals surface area contributed by atoms with Gasteiger partial charge >= 0.3 is 0 Å². The van der Waals surface area contributed by atoms with Gasteiger partial charge in [-0.1, -0.05) is 0 Å². The minimum absolute atomic E-state index is 0.187. The summed E-state index contributed by atoms with van der Waals surface area (Å²) in [6, 6.07) is 4.08. The van der Waals surface area contributed by atoms with Crippen molar-refractivity contribution < 1.29 is 14.0 Å². The van der Waals surface area contributed by atoms with Crippen LogP contribution in [0, 0.1) is 5.82 Å². The highest BCUT2D eigenvalue weighted by Gasteiger charge is 2.40. The van der Waals surface area contributed by atoms with E-state index in [1.807, 2.05) is 0 Å². The van der Waals surface area contributed by atoms with Crippen LogP contribution in [0.2, 0.25) is 0 Å². The lowest BCUT2D eigenvalue weighted by molar-refractivity contribution is -0.133. The number of halogens is 2. The van der Waals surface area contributed by atoms with Crippen molar-refractivity contribution in [3.8, 4) is 0 Å². The molecule has 0 aliphatic carbocycles. The molecule has 1 N–H and O–H groups in total. The van der Waals surface area contributed by atoms with E-state index < -0.39 is 11.4 Å². The minimum atomic E-state index is -0.907. The number of piperazine rings is 1. The summed E-state index contributed by atoms with van der Waals surface area (Å²) >= 11 is 3.05. The summed E-state index contributed by atoms with van der Waals surface area (Å²) in [5.41, 5.74) is -0.549. The Balaban J connectivity index is 2.32. The maximum Gasteiger partial charge on any atom is 0.254 e. The average molecular weight is 329 g/mol. The van der Waals surface area contributed by atoms with Gasteiger partial charge < -0.3 is 10.2 Å². The number of hydrogen-bond acceptors (Lipinski definition) is 2. The van der Waals surface area contributed by atoms with Crippen molar-refractivity contribution in [1.29, 1.82) is 0 Å². The van der Waals surface area contributed by atoms with E-state index in [0.717, 1.165) is 0 Å². The van der Waals surface area contributed by atoms with Crippen LogP contribution in [0.1, 0.15) is 24.2 Å². The Morgan fingerprint density at radius 2 is 2.16 bits per heavy atom. The molecule has 0 radical (unpaired) electrons. The van der Waals surface area contributed by atoms with E-state index in [0.29, 0.717) is 18.7 Å². The summed E-state index contributed by atoms with van der Waals surface area (Å²) in [6.45, 7) is 4.25. The van der Waals surface area contributed by atoms with E-state index in [1.165, 1.54) is 23.1 Å². The summed E-state index contributed by atoms with van der Waals surface area (Å²) < 4.78 is 13.4. The molecule has 1 aliphatic rings. The summed E-state index contributed by atoms with van der Waals surface area (Å²) in [6.07, 6.45) is 0. The lowest BCUT2D eigenvalue weighted by atomic mass is 9.97. The molecular formula is C13H14BrFN2O2. The standard InChI is InChI=1S/C13H14BrFN2O2/c1-13(2)12(19)16-5-6-17(13)11(18)8-3-4-10(15)9(14)7-8/h3-4,7H,5-6H2,1-2H3,(H,16,19). The normalized spacial score (nSPS) is 18.1. The summed E-state index contributed by atoms with van der Waals surface area (Å²) in [4.78, 5) is 25.7. The smallest absolute Gasteiger partial charge is 0.254 e. The average Bonchev–Trinajstić information content (AvgIpc) is 2.35. The second kappa shape index (κ2) is 4.92. The fourth-order valence-electron chi connectivity index (χ4n) is 2.04. The molecule has 6 heteroatoms. The molecule has 0 atom stereocenters. The molecule has 1 aromatic carbocycles. The van der Waals surface area contributed by atoms with Crippen LogP contribution in [-0.2, 0) is 4.79 Å². The predicted octanol–water partition coefficient (Wildman–Crippen LogP) is 1.94. The van der Waals surface area contributed by atoms with Crippen LogP contribution in [0.25, 0.3) is 0 Å². The highest BCUT2D eigenvalue weighted by molar-refractivity contribution is 9.10. The van der Waals surface area contributed by atoms with Gasteiger partial charge in [-0.05, 0) is 48.0 Å². The molecule has 2 rings (SSSR count). The van der Waals surface area contributed by atoms with Gasteiger partial charge in [0.25, 0.3) is 5.91 Å². The van der Waals surface area contributed by atoms with Crippen molar-refractivity contribution in [3.63, 3.8) is 0 Å². The van der Waals surface area contributed by atoms with E-state index >= 15 is 0 Å². The van der Waals surface area contributed by atoms with Crippen molar-refractivity contribution in [2.75, 3.05) is 13.1 Å². The maximum absolute atomic E-state index is 13.2. The van der Waals surface area contributed by atoms with Crippen LogP contribution < -0.4 is 5.32 Å². The first kappa shape index (κ1) is 14.0. The summed E-state index contributed by atoms with van der Waals surface area (Å²) in [5, 5.41) is 2.73. The minimum Gasteiger partial charge on any atom is -0.352 e. The van der Waals surface area contributed by atoms with Gasteiger partial charge in [-0.2, -0.15) is 0 Å². The lowest BCUT2D eigenvalue weighted by Crippen LogP contribution is -2.63. The van der Waals surface area contributed by atoms with Gasteiger partial charge in [-0.15, -0.1) is 0 Å². The van der Waals surface area contributed by atoms with Crippen LogP contribution in [0.5, 0.6) is 0 Å². The van der Waals surface area contributed by atoms with Crippen LogP contribution in [0.4, 0.5) is 4.39 Å². The lowest BCUT2D eigenvalue weighted by Gasteiger charge is -2.41. The fourth-order valence-corrected chi connectivity index (χ4v) is 2.42. The maximum atomic E-state index is 13.2. The number of amides is 2.